The van der Waals surface area contributed by atoms with Gasteiger partial charge >= 0.3 is 0 Å². The maximum absolute atomic E-state index is 6.48. The number of nitrogens with two attached hydrogens (primary N) is 1. The van der Waals surface area contributed by atoms with Gasteiger partial charge < -0.3 is 10.5 Å². The quantitative estimate of drug-likeness (QED) is 0.920. The lowest BCUT2D eigenvalue weighted by molar-refractivity contribution is 0.0554. The summed E-state index contributed by atoms with van der Waals surface area (Å²) in [7, 11) is 0. The fourth-order valence-electron chi connectivity index (χ4n) is 3.89. The minimum atomic E-state index is 0.0185. The van der Waals surface area contributed by atoms with Crippen LogP contribution in [0.15, 0.2) is 36.4 Å². The largest absolute Gasteiger partial charge is 0.486 e. The van der Waals surface area contributed by atoms with E-state index >= 15 is 0 Å². The molecular formula is C18H22N2O. The van der Waals surface area contributed by atoms with Gasteiger partial charge in [0, 0.05) is 38.2 Å². The first-order chi connectivity index (χ1) is 10.3. The van der Waals surface area contributed by atoms with Gasteiger partial charge in [0.25, 0.3) is 0 Å². The normalized spacial score (nSPS) is 25.2. The smallest absolute Gasteiger partial charge is 0.124 e. The fraction of sp³-hybridized carbons (Fsp3) is 0.444. The molecule has 2 N–H and O–H groups in total. The van der Waals surface area contributed by atoms with E-state index in [2.05, 4.69) is 41.3 Å². The summed E-state index contributed by atoms with van der Waals surface area (Å²) < 4.78 is 6.48. The molecule has 1 atom stereocenters. The van der Waals surface area contributed by atoms with Crippen molar-refractivity contribution in [3.8, 4) is 5.75 Å². The number of likely N-dealkylation sites (tertiary alicyclic amines) is 1. The Kier molecular flexibility index (Phi) is 3.12. The number of ether oxygens (including phenoxy) is 1. The molecule has 1 spiro atoms. The molecule has 3 nitrogen and oxygen atoms in total. The highest BCUT2D eigenvalue weighted by Crippen LogP contribution is 2.41. The minimum absolute atomic E-state index is 0.0185. The average molecular weight is 282 g/mol. The van der Waals surface area contributed by atoms with E-state index in [9.17, 15) is 0 Å². The van der Waals surface area contributed by atoms with E-state index in [-0.39, 0.29) is 5.60 Å². The van der Waals surface area contributed by atoms with E-state index in [0.717, 1.165) is 51.2 Å². The van der Waals surface area contributed by atoms with Gasteiger partial charge in [-0.1, -0.05) is 30.3 Å². The second-order valence-electron chi connectivity index (χ2n) is 6.36. The van der Waals surface area contributed by atoms with Gasteiger partial charge in [-0.05, 0) is 29.7 Å². The van der Waals surface area contributed by atoms with Crippen molar-refractivity contribution in [3.63, 3.8) is 0 Å². The highest BCUT2D eigenvalue weighted by Gasteiger charge is 2.42. The van der Waals surface area contributed by atoms with E-state index in [1.165, 1.54) is 16.3 Å². The van der Waals surface area contributed by atoms with Gasteiger partial charge in [-0.15, -0.1) is 0 Å². The molecule has 0 aromatic heterocycles. The zero-order valence-electron chi connectivity index (χ0n) is 12.3. The number of nitrogens with zero attached hydrogens (tertiary/aromatic N) is 1. The molecule has 21 heavy (non-hydrogen) atoms. The monoisotopic (exact) mass is 282 g/mol. The van der Waals surface area contributed by atoms with E-state index in [4.69, 9.17) is 10.5 Å². The van der Waals surface area contributed by atoms with Gasteiger partial charge in [0.1, 0.15) is 11.4 Å². The molecule has 0 aliphatic carbocycles. The molecule has 0 radical (unpaired) electrons. The van der Waals surface area contributed by atoms with Gasteiger partial charge in [-0.3, -0.25) is 4.90 Å². The number of benzene rings is 2. The molecule has 0 saturated carbocycles. The molecule has 2 aliphatic rings. The molecule has 4 rings (SSSR count). The summed E-state index contributed by atoms with van der Waals surface area (Å²) >= 11 is 0. The summed E-state index contributed by atoms with van der Waals surface area (Å²) in [4.78, 5) is 2.44. The van der Waals surface area contributed by atoms with Gasteiger partial charge in [0.2, 0.25) is 0 Å². The van der Waals surface area contributed by atoms with Crippen LogP contribution in [0.4, 0.5) is 0 Å². The maximum Gasteiger partial charge on any atom is 0.124 e. The van der Waals surface area contributed by atoms with Crippen LogP contribution in [0.5, 0.6) is 5.75 Å². The van der Waals surface area contributed by atoms with Gasteiger partial charge in [-0.25, -0.2) is 0 Å². The summed E-state index contributed by atoms with van der Waals surface area (Å²) in [5.41, 5.74) is 7.09. The molecule has 0 amide bonds. The van der Waals surface area contributed by atoms with E-state index in [0.29, 0.717) is 0 Å². The molecule has 3 heteroatoms. The van der Waals surface area contributed by atoms with Crippen molar-refractivity contribution < 1.29 is 4.74 Å². The average Bonchev–Trinajstić information content (AvgIpc) is 2.89. The lowest BCUT2D eigenvalue weighted by atomic mass is 9.88. The molecule has 110 valence electrons. The molecule has 2 aliphatic heterocycles. The lowest BCUT2D eigenvalue weighted by Crippen LogP contribution is -2.43. The Morgan fingerprint density at radius 3 is 2.95 bits per heavy atom. The van der Waals surface area contributed by atoms with Crippen LogP contribution in [-0.4, -0.2) is 36.7 Å². The van der Waals surface area contributed by atoms with Crippen molar-refractivity contribution in [2.75, 3.05) is 26.2 Å². The third-order valence-electron chi connectivity index (χ3n) is 5.00. The third kappa shape index (κ3) is 2.21. The van der Waals surface area contributed by atoms with Crippen molar-refractivity contribution in [2.24, 2.45) is 5.73 Å². The predicted octanol–water partition coefficient (Wildman–Crippen LogP) is 2.57. The maximum atomic E-state index is 6.48. The number of fused-ring (bicyclic) bond motifs is 3. The summed E-state index contributed by atoms with van der Waals surface area (Å²) in [5, 5.41) is 2.66. The Hall–Kier alpha value is -1.58. The van der Waals surface area contributed by atoms with Crippen molar-refractivity contribution in [1.29, 1.82) is 0 Å². The summed E-state index contributed by atoms with van der Waals surface area (Å²) in [6.07, 6.45) is 3.36. The van der Waals surface area contributed by atoms with Crippen molar-refractivity contribution in [3.05, 3.63) is 42.0 Å². The first kappa shape index (κ1) is 13.1. The van der Waals surface area contributed by atoms with Crippen LogP contribution in [0.2, 0.25) is 0 Å². The third-order valence-corrected chi connectivity index (χ3v) is 5.00. The highest BCUT2D eigenvalue weighted by molar-refractivity contribution is 5.88. The van der Waals surface area contributed by atoms with Crippen LogP contribution in [-0.2, 0) is 6.42 Å². The molecule has 2 aromatic carbocycles. The highest BCUT2D eigenvalue weighted by atomic mass is 16.5. The zero-order chi connectivity index (χ0) is 14.3. The Bertz CT molecular complexity index is 669. The number of hydrogen-bond acceptors (Lipinski definition) is 3. The van der Waals surface area contributed by atoms with Crippen molar-refractivity contribution in [2.45, 2.75) is 24.9 Å². The van der Waals surface area contributed by atoms with Crippen LogP contribution in [0.3, 0.4) is 0 Å². The summed E-state index contributed by atoms with van der Waals surface area (Å²) in [5.74, 6) is 1.09. The second-order valence-corrected chi connectivity index (χ2v) is 6.36. The predicted molar refractivity (Wildman–Crippen MR) is 85.7 cm³/mol. The number of aryl methyl sites for hydroxylation is 1. The van der Waals surface area contributed by atoms with Gasteiger partial charge in [0.15, 0.2) is 0 Å². The van der Waals surface area contributed by atoms with Gasteiger partial charge in [0.05, 0.1) is 0 Å². The standard InChI is InChI=1S/C18H22N2O/c19-10-12-20-11-9-18(13-20)8-7-16-15-4-2-1-3-14(15)5-6-17(16)21-18/h1-6H,7-13,19H2. The number of rotatable bonds is 2. The molecule has 0 bridgehead atoms. The fourth-order valence-corrected chi connectivity index (χ4v) is 3.89. The molecule has 1 unspecified atom stereocenters. The van der Waals surface area contributed by atoms with Crippen LogP contribution in [0.1, 0.15) is 18.4 Å². The SMILES string of the molecule is NCCN1CCC2(CCc3c(ccc4ccccc34)O2)C1. The Labute approximate surface area is 125 Å². The van der Waals surface area contributed by atoms with E-state index in [1.54, 1.807) is 0 Å². The Morgan fingerprint density at radius 2 is 2.05 bits per heavy atom. The zero-order valence-corrected chi connectivity index (χ0v) is 12.3. The van der Waals surface area contributed by atoms with E-state index in [1.807, 2.05) is 0 Å². The van der Waals surface area contributed by atoms with Crippen LogP contribution < -0.4 is 10.5 Å². The van der Waals surface area contributed by atoms with Gasteiger partial charge in [-0.2, -0.15) is 0 Å². The topological polar surface area (TPSA) is 38.5 Å². The lowest BCUT2D eigenvalue weighted by Gasteiger charge is -2.36. The van der Waals surface area contributed by atoms with Crippen LogP contribution in [0, 0.1) is 0 Å². The summed E-state index contributed by atoms with van der Waals surface area (Å²) in [6.45, 7) is 3.85. The molecule has 1 fully saturated rings. The Balaban J connectivity index is 1.65. The molecule has 1 saturated heterocycles. The number of hydrogen-bond donors (Lipinski definition) is 1. The molecule has 2 heterocycles. The van der Waals surface area contributed by atoms with Crippen LogP contribution >= 0.6 is 0 Å². The summed E-state index contributed by atoms with van der Waals surface area (Å²) in [6, 6.07) is 12.9. The van der Waals surface area contributed by atoms with Crippen LogP contribution in [0.25, 0.3) is 10.8 Å². The Morgan fingerprint density at radius 1 is 1.14 bits per heavy atom. The minimum Gasteiger partial charge on any atom is -0.486 e. The van der Waals surface area contributed by atoms with E-state index < -0.39 is 0 Å². The van der Waals surface area contributed by atoms with Crippen molar-refractivity contribution in [1.82, 2.24) is 4.90 Å². The van der Waals surface area contributed by atoms with Crippen molar-refractivity contribution >= 4 is 10.8 Å². The molecule has 2 aromatic rings. The first-order valence-electron chi connectivity index (χ1n) is 7.92. The molecular weight excluding hydrogens is 260 g/mol. The second kappa shape index (κ2) is 5.00. The first-order valence-corrected chi connectivity index (χ1v) is 7.92.